The van der Waals surface area contributed by atoms with E-state index in [9.17, 15) is 0 Å². The van der Waals surface area contributed by atoms with Crippen molar-refractivity contribution < 1.29 is 21.1 Å². The molecule has 6 heteroatoms. The van der Waals surface area contributed by atoms with Gasteiger partial charge in [-0.2, -0.15) is 24.3 Å². The molecule has 254 valence electrons. The number of aromatic nitrogens is 2. The molecule has 0 aliphatic carbocycles. The van der Waals surface area contributed by atoms with Crippen molar-refractivity contribution in [3.63, 3.8) is 0 Å². The summed E-state index contributed by atoms with van der Waals surface area (Å²) in [5.41, 5.74) is 9.21. The maximum atomic E-state index is 4.85. The molecule has 0 amide bonds. The van der Waals surface area contributed by atoms with E-state index in [-0.39, 0.29) is 31.9 Å². The predicted molar refractivity (Wildman–Crippen MR) is 206 cm³/mol. The molecule has 3 heterocycles. The molecule has 5 aromatic carbocycles. The molecule has 0 saturated carbocycles. The summed E-state index contributed by atoms with van der Waals surface area (Å²) in [6.45, 7) is 15.7. The Morgan fingerprint density at radius 3 is 2.08 bits per heavy atom. The number of para-hydroxylation sites is 3. The molecule has 0 bridgehead atoms. The second-order valence-corrected chi connectivity index (χ2v) is 15.8. The van der Waals surface area contributed by atoms with Crippen molar-refractivity contribution in [3.8, 4) is 5.82 Å². The zero-order valence-corrected chi connectivity index (χ0v) is 32.2. The van der Waals surface area contributed by atoms with Crippen LogP contribution in [0.3, 0.4) is 0 Å². The third-order valence-electron chi connectivity index (χ3n) is 9.25. The van der Waals surface area contributed by atoms with Crippen molar-refractivity contribution in [2.45, 2.75) is 62.2 Å². The molecule has 0 spiro atoms. The van der Waals surface area contributed by atoms with Crippen LogP contribution >= 0.6 is 11.8 Å². The molecular weight excluding hydrogens is 812 g/mol. The van der Waals surface area contributed by atoms with Gasteiger partial charge in [0.25, 0.3) is 0 Å². The fourth-order valence-corrected chi connectivity index (χ4v) is 7.39. The van der Waals surface area contributed by atoms with Gasteiger partial charge >= 0.3 is 0 Å². The minimum absolute atomic E-state index is 0. The Hall–Kier alpha value is -4.31. The smallest absolute Gasteiger partial charge is 0.135 e. The second kappa shape index (κ2) is 13.1. The van der Waals surface area contributed by atoms with Crippen LogP contribution < -0.4 is 9.80 Å². The van der Waals surface area contributed by atoms with E-state index in [4.69, 9.17) is 4.98 Å². The number of rotatable bonds is 5. The van der Waals surface area contributed by atoms with Crippen LogP contribution in [0.25, 0.3) is 27.6 Å². The Labute approximate surface area is 314 Å². The van der Waals surface area contributed by atoms with Gasteiger partial charge in [0.15, 0.2) is 0 Å². The van der Waals surface area contributed by atoms with Gasteiger partial charge in [0.05, 0.1) is 0 Å². The Bertz CT molecular complexity index is 2350. The summed E-state index contributed by atoms with van der Waals surface area (Å²) in [7, 11) is 0. The molecule has 7 aromatic rings. The van der Waals surface area contributed by atoms with Gasteiger partial charge in [0.1, 0.15) is 5.82 Å². The van der Waals surface area contributed by atoms with Crippen LogP contribution in [0.15, 0.2) is 131 Å². The molecule has 2 aromatic heterocycles. The van der Waals surface area contributed by atoms with Crippen LogP contribution in [0.2, 0.25) is 0 Å². The fourth-order valence-electron chi connectivity index (χ4n) is 6.57. The molecule has 8 rings (SSSR count). The summed E-state index contributed by atoms with van der Waals surface area (Å²) in [6.07, 6.45) is 1.92. The van der Waals surface area contributed by atoms with Crippen molar-refractivity contribution in [1.82, 2.24) is 9.55 Å². The van der Waals surface area contributed by atoms with Crippen LogP contribution in [-0.4, -0.2) is 9.55 Å². The van der Waals surface area contributed by atoms with E-state index in [0.29, 0.717) is 0 Å². The van der Waals surface area contributed by atoms with Crippen molar-refractivity contribution in [2.75, 3.05) is 9.80 Å². The van der Waals surface area contributed by atoms with Gasteiger partial charge in [-0.3, -0.25) is 0 Å². The predicted octanol–water partition coefficient (Wildman–Crippen LogP) is 11.9. The first-order chi connectivity index (χ1) is 23.5. The summed E-state index contributed by atoms with van der Waals surface area (Å²) in [5, 5.41) is 2.36. The number of pyridine rings is 1. The largest absolute Gasteiger partial charge is 0.493 e. The minimum atomic E-state index is 0. The summed E-state index contributed by atoms with van der Waals surface area (Å²) >= 11 is 1.68. The molecule has 0 fully saturated rings. The number of nitrogens with zero attached hydrogens (tertiary/aromatic N) is 4. The molecule has 0 saturated heterocycles. The third kappa shape index (κ3) is 6.27. The van der Waals surface area contributed by atoms with Crippen molar-refractivity contribution in [2.24, 2.45) is 0 Å². The first-order valence-electron chi connectivity index (χ1n) is 16.8. The van der Waals surface area contributed by atoms with E-state index < -0.39 is 0 Å². The Morgan fingerprint density at radius 1 is 0.620 bits per heavy atom. The molecule has 0 atom stereocenters. The van der Waals surface area contributed by atoms with Crippen molar-refractivity contribution in [1.29, 1.82) is 0 Å². The molecule has 4 nitrogen and oxygen atoms in total. The van der Waals surface area contributed by atoms with E-state index in [1.54, 1.807) is 11.8 Å². The number of fused-ring (bicyclic) bond motifs is 4. The maximum Gasteiger partial charge on any atom is 0.135 e. The SMILES string of the molecule is CC(C)(C)c1cccc(N2[CH-]N(c3[c-]c(Sc4[c-]c5c(cc4)c4ccccc4n5-c4cc(C(C)(C)C)ccn4)ccc3)c3ccccc32)c1.[Pt]. The number of hydrogen-bond acceptors (Lipinski definition) is 4. The molecule has 1 aliphatic heterocycles. The summed E-state index contributed by atoms with van der Waals surface area (Å²) in [4.78, 5) is 11.4. The molecule has 0 unspecified atom stereocenters. The Kier molecular flexibility index (Phi) is 8.95. The summed E-state index contributed by atoms with van der Waals surface area (Å²) in [6, 6.07) is 48.6. The van der Waals surface area contributed by atoms with E-state index in [1.165, 1.54) is 21.9 Å². The zero-order chi connectivity index (χ0) is 33.9. The van der Waals surface area contributed by atoms with Crippen molar-refractivity contribution >= 4 is 56.3 Å². The zero-order valence-electron chi connectivity index (χ0n) is 29.1. The number of benzene rings is 5. The van der Waals surface area contributed by atoms with Gasteiger partial charge < -0.3 is 14.4 Å². The van der Waals surface area contributed by atoms with Gasteiger partial charge in [-0.15, -0.1) is 57.5 Å². The maximum absolute atomic E-state index is 4.85. The van der Waals surface area contributed by atoms with Crippen molar-refractivity contribution in [3.05, 3.63) is 151 Å². The van der Waals surface area contributed by atoms with Gasteiger partial charge in [-0.25, -0.2) is 4.98 Å². The first kappa shape index (κ1) is 34.2. The van der Waals surface area contributed by atoms with E-state index in [2.05, 4.69) is 190 Å². The quantitative estimate of drug-likeness (QED) is 0.161. The van der Waals surface area contributed by atoms with Gasteiger partial charge in [-0.05, 0) is 69.8 Å². The molecule has 0 radical (unpaired) electrons. The molecule has 1 aliphatic rings. The van der Waals surface area contributed by atoms with Crippen LogP contribution in [-0.2, 0) is 31.9 Å². The van der Waals surface area contributed by atoms with Gasteiger partial charge in [-0.1, -0.05) is 89.5 Å². The van der Waals surface area contributed by atoms with E-state index in [1.807, 2.05) is 6.20 Å². The Morgan fingerprint density at radius 2 is 1.30 bits per heavy atom. The summed E-state index contributed by atoms with van der Waals surface area (Å²) < 4.78 is 2.25. The molecular formula is C44H39N4PtS-3. The average Bonchev–Trinajstić information content (AvgIpc) is 3.64. The van der Waals surface area contributed by atoms with Crippen LogP contribution in [0.5, 0.6) is 0 Å². The normalized spacial score (nSPS) is 13.2. The minimum Gasteiger partial charge on any atom is -0.493 e. The Balaban J connectivity index is 0.00000392. The van der Waals surface area contributed by atoms with E-state index in [0.717, 1.165) is 49.4 Å². The fraction of sp³-hybridized carbons (Fsp3) is 0.182. The molecule has 0 N–H and O–H groups in total. The average molecular weight is 851 g/mol. The second-order valence-electron chi connectivity index (χ2n) is 14.7. The van der Waals surface area contributed by atoms with Gasteiger partial charge in [0, 0.05) is 49.8 Å². The first-order valence-corrected chi connectivity index (χ1v) is 17.6. The monoisotopic (exact) mass is 850 g/mol. The third-order valence-corrected chi connectivity index (χ3v) is 10.2. The standard InChI is InChI=1S/C44H39N4S.Pt/c1-43(2,3)30-13-11-14-32(25-30)46-29-47(40-20-10-9-19-39(40)46)33-15-12-16-34(27-33)49-35-21-22-37-36-17-7-8-18-38(36)48(41(37)28-35)42-26-31(23-24-45-42)44(4,5)6;/h7-26,29H,1-6H3;/q-3;. The number of anilines is 4. The van der Waals surface area contributed by atoms with Crippen LogP contribution in [0.4, 0.5) is 22.7 Å². The molecule has 50 heavy (non-hydrogen) atoms. The summed E-state index contributed by atoms with van der Waals surface area (Å²) in [5.74, 6) is 0.909. The van der Waals surface area contributed by atoms with Crippen LogP contribution in [0.1, 0.15) is 52.7 Å². The number of hydrogen-bond donors (Lipinski definition) is 0. The van der Waals surface area contributed by atoms with Gasteiger partial charge in [0.2, 0.25) is 0 Å². The van der Waals surface area contributed by atoms with Crippen LogP contribution in [0, 0.1) is 18.8 Å². The topological polar surface area (TPSA) is 24.3 Å². The van der Waals surface area contributed by atoms with E-state index >= 15 is 0 Å².